The van der Waals surface area contributed by atoms with Crippen LogP contribution in [-0.2, 0) is 4.74 Å². The van der Waals surface area contributed by atoms with E-state index < -0.39 is 0 Å². The van der Waals surface area contributed by atoms with Crippen molar-refractivity contribution < 1.29 is 4.74 Å². The summed E-state index contributed by atoms with van der Waals surface area (Å²) in [6.07, 6.45) is 2.08. The number of rotatable bonds is 9. The zero-order valence-electron chi connectivity index (χ0n) is 14.1. The van der Waals surface area contributed by atoms with Crippen molar-refractivity contribution in [3.05, 3.63) is 34.9 Å². The van der Waals surface area contributed by atoms with Gasteiger partial charge in [-0.1, -0.05) is 43.6 Å². The Morgan fingerprint density at radius 3 is 2.43 bits per heavy atom. The molecule has 0 aliphatic heterocycles. The molecule has 120 valence electrons. The van der Waals surface area contributed by atoms with Crippen LogP contribution in [0.4, 0.5) is 0 Å². The highest BCUT2D eigenvalue weighted by molar-refractivity contribution is 6.31. The van der Waals surface area contributed by atoms with Crippen LogP contribution in [-0.4, -0.2) is 25.8 Å². The van der Waals surface area contributed by atoms with Gasteiger partial charge in [0, 0.05) is 18.7 Å². The predicted molar refractivity (Wildman–Crippen MR) is 92.2 cm³/mol. The molecule has 0 heterocycles. The quantitative estimate of drug-likeness (QED) is 0.702. The third-order valence-corrected chi connectivity index (χ3v) is 4.28. The minimum Gasteiger partial charge on any atom is -0.379 e. The van der Waals surface area contributed by atoms with Crippen molar-refractivity contribution in [3.8, 4) is 0 Å². The number of benzene rings is 1. The Kier molecular flexibility index (Phi) is 7.72. The highest BCUT2D eigenvalue weighted by atomic mass is 35.5. The van der Waals surface area contributed by atoms with Gasteiger partial charge in [-0.05, 0) is 56.7 Å². The molecule has 0 aliphatic rings. The first-order chi connectivity index (χ1) is 9.85. The molecule has 0 bridgehead atoms. The summed E-state index contributed by atoms with van der Waals surface area (Å²) in [6.45, 7) is 10.7. The van der Waals surface area contributed by atoms with Gasteiger partial charge in [0.05, 0.1) is 5.60 Å². The van der Waals surface area contributed by atoms with E-state index in [9.17, 15) is 0 Å². The minimum absolute atomic E-state index is 0.0858. The summed E-state index contributed by atoms with van der Waals surface area (Å²) in [7, 11) is 1.78. The van der Waals surface area contributed by atoms with Crippen LogP contribution >= 0.6 is 11.6 Å². The first-order valence-corrected chi connectivity index (χ1v) is 8.24. The lowest BCUT2D eigenvalue weighted by Crippen LogP contribution is -2.28. The fourth-order valence-electron chi connectivity index (χ4n) is 2.34. The van der Waals surface area contributed by atoms with Gasteiger partial charge >= 0.3 is 0 Å². The van der Waals surface area contributed by atoms with E-state index in [2.05, 4.69) is 45.1 Å². The zero-order valence-corrected chi connectivity index (χ0v) is 14.8. The SMILES string of the molecule is COC(C)(C)CCC(CNCC(C)C)c1ccccc1Cl. The lowest BCUT2D eigenvalue weighted by atomic mass is 9.89. The fraction of sp³-hybridized carbons (Fsp3) is 0.667. The van der Waals surface area contributed by atoms with Gasteiger partial charge in [0.15, 0.2) is 0 Å². The van der Waals surface area contributed by atoms with Gasteiger partial charge in [0.2, 0.25) is 0 Å². The largest absolute Gasteiger partial charge is 0.379 e. The lowest BCUT2D eigenvalue weighted by Gasteiger charge is -2.27. The van der Waals surface area contributed by atoms with Gasteiger partial charge in [-0.2, -0.15) is 0 Å². The number of halogens is 1. The standard InChI is InChI=1S/C18H30ClNO/c1-14(2)12-20-13-15(10-11-18(3,4)21-5)16-8-6-7-9-17(16)19/h6-9,14-15,20H,10-13H2,1-5H3. The van der Waals surface area contributed by atoms with Crippen molar-refractivity contribution in [1.29, 1.82) is 0 Å². The number of methoxy groups -OCH3 is 1. The van der Waals surface area contributed by atoms with E-state index in [-0.39, 0.29) is 5.60 Å². The number of hydrogen-bond donors (Lipinski definition) is 1. The van der Waals surface area contributed by atoms with Crippen molar-refractivity contribution >= 4 is 11.6 Å². The Morgan fingerprint density at radius 1 is 1.19 bits per heavy atom. The Balaban J connectivity index is 2.73. The summed E-state index contributed by atoms with van der Waals surface area (Å²) in [6, 6.07) is 8.18. The molecule has 3 heteroatoms. The van der Waals surface area contributed by atoms with E-state index in [1.165, 1.54) is 5.56 Å². The normalized spacial score (nSPS) is 13.7. The summed E-state index contributed by atoms with van der Waals surface area (Å²) in [5.74, 6) is 1.08. The summed E-state index contributed by atoms with van der Waals surface area (Å²) in [5, 5.41) is 4.43. The van der Waals surface area contributed by atoms with E-state index in [0.29, 0.717) is 11.8 Å². The average molecular weight is 312 g/mol. The van der Waals surface area contributed by atoms with Gasteiger partial charge in [-0.15, -0.1) is 0 Å². The third kappa shape index (κ3) is 6.82. The van der Waals surface area contributed by atoms with Crippen LogP contribution < -0.4 is 5.32 Å². The molecule has 1 aromatic rings. The molecule has 0 radical (unpaired) electrons. The molecule has 21 heavy (non-hydrogen) atoms. The van der Waals surface area contributed by atoms with Crippen LogP contribution in [0.25, 0.3) is 0 Å². The Labute approximate surface area is 135 Å². The first kappa shape index (κ1) is 18.5. The van der Waals surface area contributed by atoms with Crippen LogP contribution in [0.1, 0.15) is 52.0 Å². The monoisotopic (exact) mass is 311 g/mol. The molecule has 0 aromatic heterocycles. The van der Waals surface area contributed by atoms with Crippen molar-refractivity contribution in [2.45, 2.75) is 52.1 Å². The highest BCUT2D eigenvalue weighted by Crippen LogP contribution is 2.30. The average Bonchev–Trinajstić information content (AvgIpc) is 2.43. The topological polar surface area (TPSA) is 21.3 Å². The molecule has 0 fully saturated rings. The van der Waals surface area contributed by atoms with E-state index in [0.717, 1.165) is 31.0 Å². The smallest absolute Gasteiger partial charge is 0.0623 e. The molecule has 1 rings (SSSR count). The Morgan fingerprint density at radius 2 is 1.86 bits per heavy atom. The highest BCUT2D eigenvalue weighted by Gasteiger charge is 2.21. The predicted octanol–water partition coefficient (Wildman–Crippen LogP) is 4.87. The van der Waals surface area contributed by atoms with E-state index in [1.807, 2.05) is 12.1 Å². The second kappa shape index (κ2) is 8.77. The molecule has 0 amide bonds. The van der Waals surface area contributed by atoms with E-state index in [1.54, 1.807) is 7.11 Å². The van der Waals surface area contributed by atoms with Gasteiger partial charge in [0.25, 0.3) is 0 Å². The van der Waals surface area contributed by atoms with Crippen LogP contribution in [0.5, 0.6) is 0 Å². The molecule has 1 unspecified atom stereocenters. The molecule has 1 aromatic carbocycles. The number of hydrogen-bond acceptors (Lipinski definition) is 2. The summed E-state index contributed by atoms with van der Waals surface area (Å²) >= 11 is 6.39. The minimum atomic E-state index is -0.0858. The molecule has 0 spiro atoms. The molecule has 0 aliphatic carbocycles. The summed E-state index contributed by atoms with van der Waals surface area (Å²) in [5.41, 5.74) is 1.15. The maximum absolute atomic E-state index is 6.39. The maximum atomic E-state index is 6.39. The summed E-state index contributed by atoms with van der Waals surface area (Å²) < 4.78 is 5.54. The number of nitrogens with one attached hydrogen (secondary N) is 1. The van der Waals surface area contributed by atoms with Crippen molar-refractivity contribution in [2.24, 2.45) is 5.92 Å². The fourth-order valence-corrected chi connectivity index (χ4v) is 2.63. The molecule has 2 nitrogen and oxygen atoms in total. The van der Waals surface area contributed by atoms with Crippen molar-refractivity contribution in [2.75, 3.05) is 20.2 Å². The molecular weight excluding hydrogens is 282 g/mol. The second-order valence-electron chi connectivity index (χ2n) is 6.77. The van der Waals surface area contributed by atoms with Crippen LogP contribution in [0.2, 0.25) is 5.02 Å². The van der Waals surface area contributed by atoms with Crippen molar-refractivity contribution in [1.82, 2.24) is 5.32 Å². The van der Waals surface area contributed by atoms with Crippen LogP contribution in [0, 0.1) is 5.92 Å². The lowest BCUT2D eigenvalue weighted by molar-refractivity contribution is 0.0124. The zero-order chi connectivity index (χ0) is 15.9. The van der Waals surface area contributed by atoms with E-state index >= 15 is 0 Å². The Bertz CT molecular complexity index is 417. The molecular formula is C18H30ClNO. The summed E-state index contributed by atoms with van der Waals surface area (Å²) in [4.78, 5) is 0. The molecule has 1 atom stereocenters. The van der Waals surface area contributed by atoms with Gasteiger partial charge in [-0.3, -0.25) is 0 Å². The first-order valence-electron chi connectivity index (χ1n) is 7.86. The third-order valence-electron chi connectivity index (χ3n) is 3.94. The van der Waals surface area contributed by atoms with Crippen molar-refractivity contribution in [3.63, 3.8) is 0 Å². The van der Waals surface area contributed by atoms with Gasteiger partial charge < -0.3 is 10.1 Å². The molecule has 0 saturated carbocycles. The second-order valence-corrected chi connectivity index (χ2v) is 7.18. The number of ether oxygens (including phenoxy) is 1. The molecule has 0 saturated heterocycles. The van der Waals surface area contributed by atoms with Gasteiger partial charge in [0.1, 0.15) is 0 Å². The Hall–Kier alpha value is -0.570. The van der Waals surface area contributed by atoms with Crippen LogP contribution in [0.3, 0.4) is 0 Å². The maximum Gasteiger partial charge on any atom is 0.0623 e. The van der Waals surface area contributed by atoms with E-state index in [4.69, 9.17) is 16.3 Å². The van der Waals surface area contributed by atoms with Gasteiger partial charge in [-0.25, -0.2) is 0 Å². The van der Waals surface area contributed by atoms with Crippen LogP contribution in [0.15, 0.2) is 24.3 Å². The molecule has 1 N–H and O–H groups in total.